The zero-order valence-corrected chi connectivity index (χ0v) is 22.7. The highest BCUT2D eigenvalue weighted by molar-refractivity contribution is 14.1. The summed E-state index contributed by atoms with van der Waals surface area (Å²) in [7, 11) is 0. The lowest BCUT2D eigenvalue weighted by Gasteiger charge is -2.11. The number of para-hydroxylation sites is 1. The molecule has 7 nitrogen and oxygen atoms in total. The predicted octanol–water partition coefficient (Wildman–Crippen LogP) is 7.07. The Morgan fingerprint density at radius 2 is 1.62 bits per heavy atom. The van der Waals surface area contributed by atoms with Crippen LogP contribution in [0.2, 0.25) is 0 Å². The van der Waals surface area contributed by atoms with E-state index >= 15 is 0 Å². The molecule has 0 amide bonds. The fourth-order valence-corrected chi connectivity index (χ4v) is 5.23. The van der Waals surface area contributed by atoms with Gasteiger partial charge in [0.15, 0.2) is 0 Å². The maximum Gasteiger partial charge on any atom is 0.269 e. The first kappa shape index (κ1) is 24.7. The minimum Gasteiger partial charge on any atom is -0.342 e. The Morgan fingerprint density at radius 3 is 2.38 bits per heavy atom. The molecule has 0 saturated carbocycles. The summed E-state index contributed by atoms with van der Waals surface area (Å²) >= 11 is 2.17. The summed E-state index contributed by atoms with van der Waals surface area (Å²) in [4.78, 5) is 29.2. The van der Waals surface area contributed by atoms with Gasteiger partial charge in [0.05, 0.1) is 21.5 Å². The molecule has 190 valence electrons. The summed E-state index contributed by atoms with van der Waals surface area (Å²) in [6.07, 6.45) is 5.90. The third kappa shape index (κ3) is 4.86. The molecular formula is C31H21IN4O3. The van der Waals surface area contributed by atoms with Crippen molar-refractivity contribution in [1.29, 1.82) is 0 Å². The average molecular weight is 624 g/mol. The largest absolute Gasteiger partial charge is 0.342 e. The molecular weight excluding hydrogens is 603 g/mol. The van der Waals surface area contributed by atoms with Gasteiger partial charge in [0.25, 0.3) is 11.2 Å². The Labute approximate surface area is 237 Å². The maximum atomic E-state index is 13.7. The molecule has 0 fully saturated rings. The van der Waals surface area contributed by atoms with Crippen molar-refractivity contribution in [3.8, 4) is 5.69 Å². The summed E-state index contributed by atoms with van der Waals surface area (Å²) < 4.78 is 4.63. The summed E-state index contributed by atoms with van der Waals surface area (Å²) in [5, 5.41) is 12.8. The molecule has 0 aliphatic rings. The standard InChI is InChI=1S/C31H21IN4O3/c32-23-11-16-28-27(18-23)31(37)35(24-12-14-25(15-13-24)36(38)39)30(33-28)17-10-22-20-34(19-21-6-2-1-3-7-21)29-9-5-4-8-26(22)29/h1-18,20H,19H2/b17-10+. The van der Waals surface area contributed by atoms with Crippen molar-refractivity contribution in [3.05, 3.63) is 144 Å². The van der Waals surface area contributed by atoms with Gasteiger partial charge in [0, 0.05) is 44.9 Å². The van der Waals surface area contributed by atoms with Gasteiger partial charge in [-0.15, -0.1) is 0 Å². The zero-order valence-electron chi connectivity index (χ0n) is 20.6. The van der Waals surface area contributed by atoms with Gasteiger partial charge in [-0.2, -0.15) is 0 Å². The second kappa shape index (κ2) is 10.3. The van der Waals surface area contributed by atoms with E-state index in [4.69, 9.17) is 4.98 Å². The molecule has 2 aromatic heterocycles. The monoisotopic (exact) mass is 624 g/mol. The van der Waals surface area contributed by atoms with Crippen molar-refractivity contribution in [3.63, 3.8) is 0 Å². The summed E-state index contributed by atoms with van der Waals surface area (Å²) in [6.45, 7) is 0.732. The SMILES string of the molecule is O=c1c2cc(I)ccc2nc(/C=C/c2cn(Cc3ccccc3)c3ccccc23)n1-c1ccc([N+](=O)[O-])cc1. The second-order valence-corrected chi connectivity index (χ2v) is 10.3. The fraction of sp³-hybridized carbons (Fsp3) is 0.0323. The van der Waals surface area contributed by atoms with Gasteiger partial charge in [-0.25, -0.2) is 4.98 Å². The van der Waals surface area contributed by atoms with Crippen LogP contribution in [0.3, 0.4) is 0 Å². The molecule has 0 bridgehead atoms. The molecule has 0 saturated heterocycles. The minimum absolute atomic E-state index is 0.0431. The van der Waals surface area contributed by atoms with Gasteiger partial charge in [0.2, 0.25) is 0 Å². The number of hydrogen-bond acceptors (Lipinski definition) is 4. The topological polar surface area (TPSA) is 83.0 Å². The molecule has 0 spiro atoms. The first-order valence-corrected chi connectivity index (χ1v) is 13.3. The smallest absolute Gasteiger partial charge is 0.269 e. The molecule has 4 aromatic carbocycles. The zero-order chi connectivity index (χ0) is 26.9. The molecule has 6 rings (SSSR count). The first-order valence-electron chi connectivity index (χ1n) is 12.2. The Bertz CT molecular complexity index is 1940. The van der Waals surface area contributed by atoms with E-state index in [0.29, 0.717) is 22.4 Å². The van der Waals surface area contributed by atoms with Crippen LogP contribution in [0.15, 0.2) is 108 Å². The van der Waals surface area contributed by atoms with Gasteiger partial charge in [-0.1, -0.05) is 48.5 Å². The minimum atomic E-state index is -0.459. The summed E-state index contributed by atoms with van der Waals surface area (Å²) in [5.74, 6) is 0.433. The van der Waals surface area contributed by atoms with Crippen molar-refractivity contribution in [1.82, 2.24) is 14.1 Å². The van der Waals surface area contributed by atoms with Crippen molar-refractivity contribution in [2.75, 3.05) is 0 Å². The van der Waals surface area contributed by atoms with Crippen molar-refractivity contribution >= 4 is 62.2 Å². The third-order valence-corrected chi connectivity index (χ3v) is 7.27. The van der Waals surface area contributed by atoms with E-state index in [1.807, 2.05) is 54.6 Å². The number of nitrogens with zero attached hydrogens (tertiary/aromatic N) is 4. The van der Waals surface area contributed by atoms with Crippen LogP contribution in [0.5, 0.6) is 0 Å². The van der Waals surface area contributed by atoms with Gasteiger partial charge >= 0.3 is 0 Å². The number of nitro benzene ring substituents is 1. The molecule has 0 aliphatic carbocycles. The molecule has 0 unspecified atom stereocenters. The van der Waals surface area contributed by atoms with Crippen LogP contribution in [0.25, 0.3) is 39.6 Å². The Kier molecular flexibility index (Phi) is 6.54. The predicted molar refractivity (Wildman–Crippen MR) is 163 cm³/mol. The fourth-order valence-electron chi connectivity index (χ4n) is 4.74. The van der Waals surface area contributed by atoms with Crippen LogP contribution in [-0.4, -0.2) is 19.0 Å². The molecule has 39 heavy (non-hydrogen) atoms. The number of aromatic nitrogens is 3. The lowest BCUT2D eigenvalue weighted by atomic mass is 10.1. The molecule has 0 radical (unpaired) electrons. The number of rotatable bonds is 6. The van der Waals surface area contributed by atoms with E-state index < -0.39 is 4.92 Å². The molecule has 0 atom stereocenters. The molecule has 8 heteroatoms. The third-order valence-electron chi connectivity index (χ3n) is 6.60. The maximum absolute atomic E-state index is 13.7. The Balaban J connectivity index is 1.49. The Morgan fingerprint density at radius 1 is 0.872 bits per heavy atom. The highest BCUT2D eigenvalue weighted by Gasteiger charge is 2.14. The lowest BCUT2D eigenvalue weighted by molar-refractivity contribution is -0.384. The van der Waals surface area contributed by atoms with Gasteiger partial charge in [0.1, 0.15) is 5.82 Å². The number of hydrogen-bond donors (Lipinski definition) is 0. The number of benzene rings is 4. The molecule has 6 aromatic rings. The van der Waals surface area contributed by atoms with Crippen molar-refractivity contribution in [2.45, 2.75) is 6.54 Å². The number of non-ortho nitro benzene ring substituents is 1. The van der Waals surface area contributed by atoms with E-state index in [-0.39, 0.29) is 11.2 Å². The van der Waals surface area contributed by atoms with Crippen LogP contribution in [0.1, 0.15) is 17.0 Å². The Hall–Kier alpha value is -4.57. The highest BCUT2D eigenvalue weighted by atomic mass is 127. The van der Waals surface area contributed by atoms with E-state index in [2.05, 4.69) is 57.6 Å². The van der Waals surface area contributed by atoms with Gasteiger partial charge in [-0.05, 0) is 76.7 Å². The van der Waals surface area contributed by atoms with Gasteiger partial charge < -0.3 is 4.57 Å². The first-order chi connectivity index (χ1) is 19.0. The van der Waals surface area contributed by atoms with Gasteiger partial charge in [-0.3, -0.25) is 19.5 Å². The highest BCUT2D eigenvalue weighted by Crippen LogP contribution is 2.25. The summed E-state index contributed by atoms with van der Waals surface area (Å²) in [6, 6.07) is 30.0. The van der Waals surface area contributed by atoms with Crippen LogP contribution < -0.4 is 5.56 Å². The number of halogens is 1. The second-order valence-electron chi connectivity index (χ2n) is 9.09. The normalized spacial score (nSPS) is 11.5. The van der Waals surface area contributed by atoms with E-state index in [0.717, 1.165) is 26.6 Å². The van der Waals surface area contributed by atoms with Crippen LogP contribution in [-0.2, 0) is 6.54 Å². The molecule has 0 N–H and O–H groups in total. The van der Waals surface area contributed by atoms with Crippen LogP contribution >= 0.6 is 22.6 Å². The van der Waals surface area contributed by atoms with Crippen LogP contribution in [0.4, 0.5) is 5.69 Å². The number of fused-ring (bicyclic) bond motifs is 2. The quantitative estimate of drug-likeness (QED) is 0.113. The average Bonchev–Trinajstić information content (AvgIpc) is 3.30. The van der Waals surface area contributed by atoms with Crippen LogP contribution in [0, 0.1) is 13.7 Å². The van der Waals surface area contributed by atoms with Crippen molar-refractivity contribution < 1.29 is 4.92 Å². The van der Waals surface area contributed by atoms with E-state index in [9.17, 15) is 14.9 Å². The van der Waals surface area contributed by atoms with E-state index in [1.165, 1.54) is 22.3 Å². The van der Waals surface area contributed by atoms with Crippen molar-refractivity contribution in [2.24, 2.45) is 0 Å². The lowest BCUT2D eigenvalue weighted by Crippen LogP contribution is -2.22. The summed E-state index contributed by atoms with van der Waals surface area (Å²) in [5.41, 5.74) is 4.11. The number of nitro groups is 1. The molecule has 0 aliphatic heterocycles. The van der Waals surface area contributed by atoms with E-state index in [1.54, 1.807) is 18.2 Å². The molecule has 2 heterocycles.